The number of benzene rings is 2. The van der Waals surface area contributed by atoms with Crippen LogP contribution in [0.1, 0.15) is 43.5 Å². The molecule has 2 aromatic rings. The molecular formula is C21H26O4. The highest BCUT2D eigenvalue weighted by Gasteiger charge is 2.15. The summed E-state index contributed by atoms with van der Waals surface area (Å²) in [4.78, 5) is 12.4. The zero-order valence-corrected chi connectivity index (χ0v) is 14.9. The van der Waals surface area contributed by atoms with Crippen molar-refractivity contribution in [1.82, 2.24) is 0 Å². The van der Waals surface area contributed by atoms with Crippen molar-refractivity contribution in [1.29, 1.82) is 0 Å². The summed E-state index contributed by atoms with van der Waals surface area (Å²) in [5.41, 5.74) is 2.02. The topological polar surface area (TPSA) is 55.8 Å². The maximum Gasteiger partial charge on any atom is 0.338 e. The zero-order valence-electron chi connectivity index (χ0n) is 14.9. The predicted octanol–water partition coefficient (Wildman–Crippen LogP) is 4.81. The second-order valence-electron chi connectivity index (χ2n) is 6.06. The number of carbonyl (C=O) groups is 1. The van der Waals surface area contributed by atoms with Crippen LogP contribution in [0.4, 0.5) is 0 Å². The summed E-state index contributed by atoms with van der Waals surface area (Å²) in [6, 6.07) is 14.3. The summed E-state index contributed by atoms with van der Waals surface area (Å²) in [7, 11) is 0. The van der Waals surface area contributed by atoms with Crippen LogP contribution in [0.15, 0.2) is 48.5 Å². The fourth-order valence-corrected chi connectivity index (χ4v) is 2.65. The van der Waals surface area contributed by atoms with Gasteiger partial charge in [-0.1, -0.05) is 43.7 Å². The molecule has 134 valence electrons. The molecule has 0 fully saturated rings. The van der Waals surface area contributed by atoms with Gasteiger partial charge in [0, 0.05) is 6.42 Å². The first-order valence-corrected chi connectivity index (χ1v) is 8.79. The fraction of sp³-hybridized carbons (Fsp3) is 0.381. The molecule has 0 aliphatic heterocycles. The van der Waals surface area contributed by atoms with E-state index < -0.39 is 5.97 Å². The lowest BCUT2D eigenvalue weighted by atomic mass is 9.99. The zero-order chi connectivity index (χ0) is 18.1. The third-order valence-electron chi connectivity index (χ3n) is 3.93. The average Bonchev–Trinajstić information content (AvgIpc) is 2.62. The van der Waals surface area contributed by atoms with E-state index in [0.717, 1.165) is 24.0 Å². The van der Waals surface area contributed by atoms with Crippen LogP contribution >= 0.6 is 0 Å². The Morgan fingerprint density at radius 1 is 1.12 bits per heavy atom. The molecular weight excluding hydrogens is 316 g/mol. The molecule has 0 aliphatic rings. The number of rotatable bonds is 9. The molecule has 0 radical (unpaired) electrons. The Labute approximate surface area is 149 Å². The van der Waals surface area contributed by atoms with Crippen molar-refractivity contribution in [3.8, 4) is 16.9 Å². The fourth-order valence-electron chi connectivity index (χ4n) is 2.65. The van der Waals surface area contributed by atoms with E-state index in [4.69, 9.17) is 9.47 Å². The molecule has 2 rings (SSSR count). The van der Waals surface area contributed by atoms with Gasteiger partial charge in [-0.25, -0.2) is 4.79 Å². The van der Waals surface area contributed by atoms with Crippen molar-refractivity contribution < 1.29 is 19.4 Å². The number of phenolic OH excluding ortho intramolecular Hbond substituents is 1. The Morgan fingerprint density at radius 3 is 2.60 bits per heavy atom. The number of phenols is 1. The van der Waals surface area contributed by atoms with E-state index in [1.807, 2.05) is 37.3 Å². The standard InChI is InChI=1S/C21H26O4/c1-3-8-16(2)24-13-7-14-25-21(23)20-15-18(22)11-12-19(20)17-9-5-4-6-10-17/h4-6,9-12,15-16,22H,3,7-8,13-14H2,1-2H3. The summed E-state index contributed by atoms with van der Waals surface area (Å²) in [6.07, 6.45) is 3.01. The largest absolute Gasteiger partial charge is 0.508 e. The van der Waals surface area contributed by atoms with Crippen molar-refractivity contribution >= 4 is 5.97 Å². The van der Waals surface area contributed by atoms with E-state index in [0.29, 0.717) is 25.2 Å². The predicted molar refractivity (Wildman–Crippen MR) is 98.8 cm³/mol. The van der Waals surface area contributed by atoms with Crippen LogP contribution < -0.4 is 0 Å². The smallest absolute Gasteiger partial charge is 0.338 e. The number of esters is 1. The Hall–Kier alpha value is -2.33. The molecule has 2 aromatic carbocycles. The lowest BCUT2D eigenvalue weighted by Gasteiger charge is -2.13. The SMILES string of the molecule is CCCC(C)OCCCOC(=O)c1cc(O)ccc1-c1ccccc1. The lowest BCUT2D eigenvalue weighted by Crippen LogP contribution is -2.12. The van der Waals surface area contributed by atoms with Gasteiger partial charge < -0.3 is 14.6 Å². The minimum atomic E-state index is -0.434. The summed E-state index contributed by atoms with van der Waals surface area (Å²) >= 11 is 0. The van der Waals surface area contributed by atoms with Gasteiger partial charge in [0.05, 0.1) is 24.9 Å². The third kappa shape index (κ3) is 5.91. The number of hydrogen-bond acceptors (Lipinski definition) is 4. The summed E-state index contributed by atoms with van der Waals surface area (Å²) in [5, 5.41) is 9.73. The first-order chi connectivity index (χ1) is 12.1. The second kappa shape index (κ2) is 9.84. The van der Waals surface area contributed by atoms with Crippen LogP contribution in [0.2, 0.25) is 0 Å². The van der Waals surface area contributed by atoms with Crippen molar-refractivity contribution in [2.75, 3.05) is 13.2 Å². The monoisotopic (exact) mass is 342 g/mol. The minimum absolute atomic E-state index is 0.0448. The number of carbonyl (C=O) groups excluding carboxylic acids is 1. The minimum Gasteiger partial charge on any atom is -0.508 e. The second-order valence-corrected chi connectivity index (χ2v) is 6.06. The molecule has 0 spiro atoms. The molecule has 0 bridgehead atoms. The molecule has 0 amide bonds. The summed E-state index contributed by atoms with van der Waals surface area (Å²) < 4.78 is 11.0. The quantitative estimate of drug-likeness (QED) is 0.525. The number of aromatic hydroxyl groups is 1. The van der Waals surface area contributed by atoms with Gasteiger partial charge in [-0.3, -0.25) is 0 Å². The molecule has 0 saturated carbocycles. The maximum absolute atomic E-state index is 12.4. The average molecular weight is 342 g/mol. The molecule has 0 aliphatic carbocycles. The van der Waals surface area contributed by atoms with Gasteiger partial charge in [0.1, 0.15) is 5.75 Å². The van der Waals surface area contributed by atoms with E-state index in [1.54, 1.807) is 12.1 Å². The van der Waals surface area contributed by atoms with Gasteiger partial charge >= 0.3 is 5.97 Å². The summed E-state index contributed by atoms with van der Waals surface area (Å²) in [6.45, 7) is 5.04. The van der Waals surface area contributed by atoms with Gasteiger partial charge in [-0.15, -0.1) is 0 Å². The van der Waals surface area contributed by atoms with Crippen LogP contribution in [-0.4, -0.2) is 30.4 Å². The molecule has 0 saturated heterocycles. The number of hydrogen-bond donors (Lipinski definition) is 1. The maximum atomic E-state index is 12.4. The molecule has 0 heterocycles. The van der Waals surface area contributed by atoms with E-state index in [9.17, 15) is 9.90 Å². The van der Waals surface area contributed by atoms with Gasteiger partial charge in [0.2, 0.25) is 0 Å². The molecule has 1 atom stereocenters. The normalized spacial score (nSPS) is 11.9. The molecule has 4 nitrogen and oxygen atoms in total. The van der Waals surface area contributed by atoms with Crippen LogP contribution in [0.5, 0.6) is 5.75 Å². The van der Waals surface area contributed by atoms with Gasteiger partial charge in [-0.2, -0.15) is 0 Å². The molecule has 4 heteroatoms. The first-order valence-electron chi connectivity index (χ1n) is 8.79. The van der Waals surface area contributed by atoms with Crippen LogP contribution in [-0.2, 0) is 9.47 Å². The Kier molecular flexibility index (Phi) is 7.48. The first kappa shape index (κ1) is 19.0. The van der Waals surface area contributed by atoms with Crippen LogP contribution in [0.25, 0.3) is 11.1 Å². The molecule has 25 heavy (non-hydrogen) atoms. The number of ether oxygens (including phenoxy) is 2. The third-order valence-corrected chi connectivity index (χ3v) is 3.93. The van der Waals surface area contributed by atoms with E-state index in [1.165, 1.54) is 6.07 Å². The van der Waals surface area contributed by atoms with E-state index >= 15 is 0 Å². The molecule has 1 N–H and O–H groups in total. The van der Waals surface area contributed by atoms with Crippen molar-refractivity contribution in [3.05, 3.63) is 54.1 Å². The van der Waals surface area contributed by atoms with Crippen molar-refractivity contribution in [3.63, 3.8) is 0 Å². The Morgan fingerprint density at radius 2 is 1.88 bits per heavy atom. The van der Waals surface area contributed by atoms with Crippen molar-refractivity contribution in [2.24, 2.45) is 0 Å². The lowest BCUT2D eigenvalue weighted by molar-refractivity contribution is 0.0319. The Balaban J connectivity index is 1.94. The van der Waals surface area contributed by atoms with E-state index in [-0.39, 0.29) is 11.9 Å². The molecule has 1 unspecified atom stereocenters. The highest BCUT2D eigenvalue weighted by atomic mass is 16.5. The van der Waals surface area contributed by atoms with Crippen LogP contribution in [0, 0.1) is 0 Å². The van der Waals surface area contributed by atoms with Gasteiger partial charge in [-0.05, 0) is 42.7 Å². The van der Waals surface area contributed by atoms with Gasteiger partial charge in [0.15, 0.2) is 0 Å². The highest BCUT2D eigenvalue weighted by molar-refractivity contribution is 5.97. The summed E-state index contributed by atoms with van der Waals surface area (Å²) in [5.74, 6) is -0.389. The van der Waals surface area contributed by atoms with Crippen LogP contribution in [0.3, 0.4) is 0 Å². The molecule has 0 aromatic heterocycles. The van der Waals surface area contributed by atoms with E-state index in [2.05, 4.69) is 6.92 Å². The Bertz CT molecular complexity index is 667. The van der Waals surface area contributed by atoms with Gasteiger partial charge in [0.25, 0.3) is 0 Å². The van der Waals surface area contributed by atoms with Crippen molar-refractivity contribution in [2.45, 2.75) is 39.2 Å². The highest BCUT2D eigenvalue weighted by Crippen LogP contribution is 2.27.